The number of Topliss-reactive ketones (excluding diaryl/α,β-unsaturated/α-hetero) is 1. The molecular weight excluding hydrogens is 148 g/mol. The van der Waals surface area contributed by atoms with E-state index in [0.717, 1.165) is 0 Å². The van der Waals surface area contributed by atoms with Crippen LogP contribution in [0.2, 0.25) is 0 Å². The molecule has 0 aromatic rings. The predicted octanol–water partition coefficient (Wildman–Crippen LogP) is 2.42. The first-order chi connectivity index (χ1) is 5.70. The van der Waals surface area contributed by atoms with Crippen LogP contribution in [-0.2, 0) is 4.79 Å². The third-order valence-electron chi connectivity index (χ3n) is 3.62. The van der Waals surface area contributed by atoms with Gasteiger partial charge in [0.1, 0.15) is 5.78 Å². The maximum absolute atomic E-state index is 11.8. The number of rotatable bonds is 0. The van der Waals surface area contributed by atoms with Crippen LogP contribution in [-0.4, -0.2) is 5.78 Å². The third-order valence-corrected chi connectivity index (χ3v) is 3.62. The van der Waals surface area contributed by atoms with Crippen LogP contribution < -0.4 is 0 Å². The molecule has 1 nitrogen and oxygen atoms in total. The molecule has 0 N–H and O–H groups in total. The van der Waals surface area contributed by atoms with Gasteiger partial charge in [-0.2, -0.15) is 0 Å². The number of carbonyl (C=O) groups excluding carboxylic acids is 1. The molecule has 1 fully saturated rings. The van der Waals surface area contributed by atoms with Gasteiger partial charge < -0.3 is 0 Å². The molecule has 3 aliphatic rings. The van der Waals surface area contributed by atoms with Gasteiger partial charge in [-0.25, -0.2) is 0 Å². The molecule has 3 aliphatic carbocycles. The van der Waals surface area contributed by atoms with Crippen LogP contribution in [0, 0.1) is 23.7 Å². The molecule has 1 saturated carbocycles. The first-order valence-corrected chi connectivity index (χ1v) is 4.92. The number of ketones is 1. The molecule has 0 heterocycles. The highest BCUT2D eigenvalue weighted by molar-refractivity contribution is 5.84. The number of hydrogen-bond donors (Lipinski definition) is 0. The number of allylic oxidation sites excluding steroid dienone is 2. The van der Waals surface area contributed by atoms with Gasteiger partial charge in [-0.05, 0) is 24.7 Å². The Morgan fingerprint density at radius 1 is 1.08 bits per heavy atom. The Morgan fingerprint density at radius 2 is 1.50 bits per heavy atom. The van der Waals surface area contributed by atoms with Gasteiger partial charge in [-0.3, -0.25) is 4.79 Å². The molecule has 0 radical (unpaired) electrons. The summed E-state index contributed by atoms with van der Waals surface area (Å²) in [5, 5.41) is 0. The fraction of sp³-hybridized carbons (Fsp3) is 0.727. The monoisotopic (exact) mass is 164 g/mol. The van der Waals surface area contributed by atoms with Crippen LogP contribution in [0.3, 0.4) is 0 Å². The van der Waals surface area contributed by atoms with Crippen LogP contribution >= 0.6 is 0 Å². The lowest BCUT2D eigenvalue weighted by Gasteiger charge is -2.18. The first kappa shape index (κ1) is 8.03. The van der Waals surface area contributed by atoms with Gasteiger partial charge in [0.2, 0.25) is 0 Å². The summed E-state index contributed by atoms with van der Waals surface area (Å²) in [4.78, 5) is 11.8. The van der Waals surface area contributed by atoms with Gasteiger partial charge in [0.15, 0.2) is 0 Å². The van der Waals surface area contributed by atoms with Crippen molar-refractivity contribution < 1.29 is 4.79 Å². The summed E-state index contributed by atoms with van der Waals surface area (Å²) in [7, 11) is 0. The van der Waals surface area contributed by atoms with Crippen molar-refractivity contribution in [1.82, 2.24) is 0 Å². The maximum atomic E-state index is 11.8. The van der Waals surface area contributed by atoms with E-state index < -0.39 is 0 Å². The highest BCUT2D eigenvalue weighted by atomic mass is 16.1. The molecule has 0 amide bonds. The molecule has 12 heavy (non-hydrogen) atoms. The van der Waals surface area contributed by atoms with Gasteiger partial charge in [-0.15, -0.1) is 0 Å². The molecule has 2 bridgehead atoms. The summed E-state index contributed by atoms with van der Waals surface area (Å²) in [6.07, 6.45) is 6.97. The minimum atomic E-state index is 0.267. The van der Waals surface area contributed by atoms with Crippen LogP contribution in [0.1, 0.15) is 26.7 Å². The molecule has 0 saturated heterocycles. The lowest BCUT2D eigenvalue weighted by atomic mass is 9.86. The quantitative estimate of drug-likeness (QED) is 0.502. The fourth-order valence-electron chi connectivity index (χ4n) is 2.53. The summed E-state index contributed by atoms with van der Waals surface area (Å²) < 4.78 is 0. The largest absolute Gasteiger partial charge is 0.299 e. The minimum Gasteiger partial charge on any atom is -0.299 e. The molecule has 0 aromatic carbocycles. The SMILES string of the molecule is C[C@@H]1C(=O)[C@H](C)[C@H]2C=C[C@H]1CC2. The van der Waals surface area contributed by atoms with Crippen LogP contribution in [0.15, 0.2) is 12.2 Å². The Bertz CT molecular complexity index is 207. The molecular formula is C11H16O. The van der Waals surface area contributed by atoms with Crippen molar-refractivity contribution in [3.63, 3.8) is 0 Å². The second-order valence-corrected chi connectivity index (χ2v) is 4.27. The molecule has 4 atom stereocenters. The van der Waals surface area contributed by atoms with Crippen molar-refractivity contribution in [3.05, 3.63) is 12.2 Å². The predicted molar refractivity (Wildman–Crippen MR) is 48.7 cm³/mol. The molecule has 1 heteroatoms. The van der Waals surface area contributed by atoms with Crippen LogP contribution in [0.5, 0.6) is 0 Å². The Kier molecular flexibility index (Phi) is 1.82. The first-order valence-electron chi connectivity index (χ1n) is 4.92. The molecule has 3 rings (SSSR count). The summed E-state index contributed by atoms with van der Waals surface area (Å²) in [5.74, 6) is 2.09. The Hall–Kier alpha value is -0.590. The van der Waals surface area contributed by atoms with Crippen molar-refractivity contribution in [2.24, 2.45) is 23.7 Å². The Balaban J connectivity index is 2.33. The zero-order chi connectivity index (χ0) is 8.72. The number of fused-ring (bicyclic) bond motifs is 3. The average Bonchev–Trinajstić information content (AvgIpc) is 2.27. The van der Waals surface area contributed by atoms with Gasteiger partial charge in [0, 0.05) is 11.8 Å². The van der Waals surface area contributed by atoms with E-state index in [2.05, 4.69) is 26.0 Å². The molecule has 66 valence electrons. The highest BCUT2D eigenvalue weighted by Gasteiger charge is 2.36. The lowest BCUT2D eigenvalue weighted by Crippen LogP contribution is -2.22. The van der Waals surface area contributed by atoms with E-state index in [1.165, 1.54) is 12.8 Å². The van der Waals surface area contributed by atoms with Crippen molar-refractivity contribution in [2.75, 3.05) is 0 Å². The summed E-state index contributed by atoms with van der Waals surface area (Å²) in [6.45, 7) is 4.17. The molecule has 0 unspecified atom stereocenters. The van der Waals surface area contributed by atoms with E-state index in [1.807, 2.05) is 0 Å². The summed E-state index contributed by atoms with van der Waals surface area (Å²) in [6, 6.07) is 0. The molecule has 0 aliphatic heterocycles. The van der Waals surface area contributed by atoms with E-state index in [0.29, 0.717) is 17.6 Å². The zero-order valence-corrected chi connectivity index (χ0v) is 7.79. The van der Waals surface area contributed by atoms with Gasteiger partial charge in [0.05, 0.1) is 0 Å². The van der Waals surface area contributed by atoms with Crippen molar-refractivity contribution >= 4 is 5.78 Å². The topological polar surface area (TPSA) is 17.1 Å². The lowest BCUT2D eigenvalue weighted by molar-refractivity contribution is -0.126. The van der Waals surface area contributed by atoms with Gasteiger partial charge >= 0.3 is 0 Å². The fourth-order valence-corrected chi connectivity index (χ4v) is 2.53. The van der Waals surface area contributed by atoms with E-state index in [1.54, 1.807) is 0 Å². The summed E-state index contributed by atoms with van der Waals surface area (Å²) in [5.41, 5.74) is 0. The summed E-state index contributed by atoms with van der Waals surface area (Å²) >= 11 is 0. The second kappa shape index (κ2) is 2.72. The molecule has 0 spiro atoms. The van der Waals surface area contributed by atoms with Crippen molar-refractivity contribution in [1.29, 1.82) is 0 Å². The van der Waals surface area contributed by atoms with E-state index in [9.17, 15) is 4.79 Å². The van der Waals surface area contributed by atoms with Gasteiger partial charge in [0.25, 0.3) is 0 Å². The van der Waals surface area contributed by atoms with Crippen LogP contribution in [0.25, 0.3) is 0 Å². The number of hydrogen-bond acceptors (Lipinski definition) is 1. The minimum absolute atomic E-state index is 0.267. The van der Waals surface area contributed by atoms with E-state index in [-0.39, 0.29) is 11.8 Å². The zero-order valence-electron chi connectivity index (χ0n) is 7.79. The molecule has 0 aromatic heterocycles. The van der Waals surface area contributed by atoms with E-state index in [4.69, 9.17) is 0 Å². The Morgan fingerprint density at radius 3 is 1.83 bits per heavy atom. The third kappa shape index (κ3) is 1.03. The number of carbonyl (C=O) groups is 1. The highest BCUT2D eigenvalue weighted by Crippen LogP contribution is 2.38. The smallest absolute Gasteiger partial charge is 0.139 e. The second-order valence-electron chi connectivity index (χ2n) is 4.27. The van der Waals surface area contributed by atoms with E-state index >= 15 is 0 Å². The van der Waals surface area contributed by atoms with Crippen molar-refractivity contribution in [3.8, 4) is 0 Å². The normalized spacial score (nSPS) is 46.3. The van der Waals surface area contributed by atoms with Crippen molar-refractivity contribution in [2.45, 2.75) is 26.7 Å². The Labute approximate surface area is 73.8 Å². The van der Waals surface area contributed by atoms with Crippen LogP contribution in [0.4, 0.5) is 0 Å². The maximum Gasteiger partial charge on any atom is 0.139 e. The average molecular weight is 164 g/mol. The van der Waals surface area contributed by atoms with Gasteiger partial charge in [-0.1, -0.05) is 26.0 Å². The standard InChI is InChI=1S/C11H16O/c1-7-9-3-5-10(6-4-9)8(2)11(7)12/h3,5,7-10H,4,6H2,1-2H3/t7-,8+,9-,10-/m0/s1.